The minimum absolute atomic E-state index is 0.0692. The maximum atomic E-state index is 12.1. The molecule has 1 N–H and O–H groups in total. The quantitative estimate of drug-likeness (QED) is 0.800. The molecule has 0 aliphatic heterocycles. The highest BCUT2D eigenvalue weighted by molar-refractivity contribution is 5.77. The lowest BCUT2D eigenvalue weighted by Gasteiger charge is -2.06. The molecule has 0 atom stereocenters. The number of hydrogen-bond donors (Lipinski definition) is 1. The van der Waals surface area contributed by atoms with E-state index in [1.807, 2.05) is 6.07 Å². The number of unbranched alkanes of at least 4 members (excludes halogenated alkanes) is 1. The van der Waals surface area contributed by atoms with Gasteiger partial charge in [-0.2, -0.15) is 0 Å². The molecule has 1 aromatic heterocycles. The van der Waals surface area contributed by atoms with Crippen LogP contribution in [0.3, 0.4) is 0 Å². The number of nitrogens with zero attached hydrogens (tertiary/aromatic N) is 3. The smallest absolute Gasteiger partial charge is 0.277 e. The number of rotatable bonds is 6. The van der Waals surface area contributed by atoms with Crippen LogP contribution in [0.4, 0.5) is 0 Å². The van der Waals surface area contributed by atoms with Crippen molar-refractivity contribution < 1.29 is 4.79 Å². The van der Waals surface area contributed by atoms with Gasteiger partial charge in [0, 0.05) is 13.0 Å². The van der Waals surface area contributed by atoms with Gasteiger partial charge < -0.3 is 5.32 Å². The van der Waals surface area contributed by atoms with Gasteiger partial charge in [0.1, 0.15) is 5.52 Å². The molecular weight excluding hydrogens is 256 g/mol. The number of aryl methyl sites for hydroxylation is 1. The largest absolute Gasteiger partial charge is 0.356 e. The Hall–Kier alpha value is -2.24. The second kappa shape index (κ2) is 6.79. The van der Waals surface area contributed by atoms with Crippen molar-refractivity contribution in [2.75, 3.05) is 6.54 Å². The van der Waals surface area contributed by atoms with Gasteiger partial charge in [0.05, 0.1) is 11.9 Å². The zero-order chi connectivity index (χ0) is 14.4. The van der Waals surface area contributed by atoms with Crippen LogP contribution < -0.4 is 10.9 Å². The summed E-state index contributed by atoms with van der Waals surface area (Å²) < 4.78 is 1.24. The molecular formula is C14H18N4O2. The van der Waals surface area contributed by atoms with Gasteiger partial charge in [-0.05, 0) is 18.6 Å². The van der Waals surface area contributed by atoms with E-state index in [0.717, 1.165) is 12.8 Å². The number of hydrogen-bond acceptors (Lipinski definition) is 4. The maximum Gasteiger partial charge on any atom is 0.277 e. The summed E-state index contributed by atoms with van der Waals surface area (Å²) in [5.41, 5.74) is 0.359. The van der Waals surface area contributed by atoms with Gasteiger partial charge in [0.2, 0.25) is 5.91 Å². The van der Waals surface area contributed by atoms with Crippen LogP contribution in [0.1, 0.15) is 26.2 Å². The third kappa shape index (κ3) is 3.40. The zero-order valence-corrected chi connectivity index (χ0v) is 11.5. The van der Waals surface area contributed by atoms with E-state index in [1.165, 1.54) is 4.68 Å². The highest BCUT2D eigenvalue weighted by atomic mass is 16.2. The van der Waals surface area contributed by atoms with Crippen molar-refractivity contribution in [3.05, 3.63) is 34.6 Å². The highest BCUT2D eigenvalue weighted by Gasteiger charge is 2.07. The average Bonchev–Trinajstić information content (AvgIpc) is 2.47. The maximum absolute atomic E-state index is 12.1. The summed E-state index contributed by atoms with van der Waals surface area (Å²) in [4.78, 5) is 23.7. The number of fused-ring (bicyclic) bond motifs is 1. The second-order valence-electron chi connectivity index (χ2n) is 4.59. The predicted molar refractivity (Wildman–Crippen MR) is 76.3 cm³/mol. The average molecular weight is 274 g/mol. The van der Waals surface area contributed by atoms with Crippen molar-refractivity contribution in [3.63, 3.8) is 0 Å². The van der Waals surface area contributed by atoms with E-state index in [-0.39, 0.29) is 24.4 Å². The third-order valence-electron chi connectivity index (χ3n) is 3.03. The second-order valence-corrected chi connectivity index (χ2v) is 4.59. The molecule has 1 heterocycles. The lowest BCUT2D eigenvalue weighted by atomic mass is 10.2. The van der Waals surface area contributed by atoms with Crippen LogP contribution in [0.25, 0.3) is 10.9 Å². The fourth-order valence-electron chi connectivity index (χ4n) is 1.87. The molecule has 20 heavy (non-hydrogen) atoms. The van der Waals surface area contributed by atoms with Crippen molar-refractivity contribution in [2.45, 2.75) is 32.7 Å². The first kappa shape index (κ1) is 14.2. The molecule has 2 aromatic rings. The molecule has 0 aliphatic rings. The molecule has 2 rings (SSSR count). The van der Waals surface area contributed by atoms with Crippen LogP contribution >= 0.6 is 0 Å². The number of aromatic nitrogens is 3. The van der Waals surface area contributed by atoms with E-state index in [0.29, 0.717) is 17.4 Å². The van der Waals surface area contributed by atoms with Crippen molar-refractivity contribution >= 4 is 16.8 Å². The Balaban J connectivity index is 2.02. The molecule has 0 spiro atoms. The van der Waals surface area contributed by atoms with Crippen LogP contribution in [0.5, 0.6) is 0 Å². The Labute approximate surface area is 116 Å². The highest BCUT2D eigenvalue weighted by Crippen LogP contribution is 2.03. The number of benzene rings is 1. The summed E-state index contributed by atoms with van der Waals surface area (Å²) in [6.45, 7) is 2.98. The molecule has 6 nitrogen and oxygen atoms in total. The van der Waals surface area contributed by atoms with Crippen molar-refractivity contribution in [2.24, 2.45) is 0 Å². The molecule has 1 aromatic carbocycles. The zero-order valence-electron chi connectivity index (χ0n) is 11.5. The minimum Gasteiger partial charge on any atom is -0.356 e. The van der Waals surface area contributed by atoms with Gasteiger partial charge in [-0.15, -0.1) is 5.10 Å². The van der Waals surface area contributed by atoms with E-state index >= 15 is 0 Å². The summed E-state index contributed by atoms with van der Waals surface area (Å²) in [6.07, 6.45) is 2.23. The molecule has 0 unspecified atom stereocenters. The van der Waals surface area contributed by atoms with Crippen molar-refractivity contribution in [3.8, 4) is 0 Å². The number of carbonyl (C=O) groups excluding carboxylic acids is 1. The van der Waals surface area contributed by atoms with Gasteiger partial charge in [-0.3, -0.25) is 9.59 Å². The molecule has 0 fully saturated rings. The minimum atomic E-state index is -0.211. The topological polar surface area (TPSA) is 76.9 Å². The number of carbonyl (C=O) groups is 1. The molecule has 0 aliphatic carbocycles. The van der Waals surface area contributed by atoms with E-state index in [1.54, 1.807) is 18.2 Å². The Morgan fingerprint density at radius 1 is 1.35 bits per heavy atom. The molecule has 0 saturated carbocycles. The number of amides is 1. The first-order valence-electron chi connectivity index (χ1n) is 6.81. The normalized spacial score (nSPS) is 10.7. The van der Waals surface area contributed by atoms with Crippen LogP contribution in [-0.2, 0) is 11.3 Å². The van der Waals surface area contributed by atoms with Gasteiger partial charge in [0.15, 0.2) is 0 Å². The van der Waals surface area contributed by atoms with E-state index in [2.05, 4.69) is 22.6 Å². The Kier molecular flexibility index (Phi) is 4.81. The first-order chi connectivity index (χ1) is 9.72. The van der Waals surface area contributed by atoms with Crippen LogP contribution in [0.15, 0.2) is 29.1 Å². The Morgan fingerprint density at radius 3 is 2.95 bits per heavy atom. The fraction of sp³-hybridized carbons (Fsp3) is 0.429. The third-order valence-corrected chi connectivity index (χ3v) is 3.03. The molecule has 1 amide bonds. The Morgan fingerprint density at radius 2 is 2.15 bits per heavy atom. The molecule has 0 radical (unpaired) electrons. The summed E-state index contributed by atoms with van der Waals surface area (Å²) in [5.74, 6) is -0.0692. The summed E-state index contributed by atoms with van der Waals surface area (Å²) in [6, 6.07) is 7.05. The Bertz CT molecular complexity index is 651. The first-order valence-corrected chi connectivity index (χ1v) is 6.81. The molecule has 6 heteroatoms. The van der Waals surface area contributed by atoms with E-state index in [4.69, 9.17) is 0 Å². The SMILES string of the molecule is CCCCNC(=O)CCn1nnc2ccccc2c1=O. The summed E-state index contributed by atoms with van der Waals surface area (Å²) in [7, 11) is 0. The lowest BCUT2D eigenvalue weighted by molar-refractivity contribution is -0.121. The van der Waals surface area contributed by atoms with Crippen LogP contribution in [0, 0.1) is 0 Å². The molecule has 0 bridgehead atoms. The van der Waals surface area contributed by atoms with Gasteiger partial charge in [-0.25, -0.2) is 4.68 Å². The van der Waals surface area contributed by atoms with Gasteiger partial charge >= 0.3 is 0 Å². The molecule has 106 valence electrons. The molecule has 0 saturated heterocycles. The monoisotopic (exact) mass is 274 g/mol. The predicted octanol–water partition coefficient (Wildman–Crippen LogP) is 1.10. The van der Waals surface area contributed by atoms with E-state index < -0.39 is 0 Å². The summed E-state index contributed by atoms with van der Waals surface area (Å²) >= 11 is 0. The van der Waals surface area contributed by atoms with Crippen LogP contribution in [-0.4, -0.2) is 27.4 Å². The van der Waals surface area contributed by atoms with Gasteiger partial charge in [0.25, 0.3) is 5.56 Å². The fourth-order valence-corrected chi connectivity index (χ4v) is 1.87. The summed E-state index contributed by atoms with van der Waals surface area (Å²) in [5, 5.41) is 11.2. The van der Waals surface area contributed by atoms with Crippen LogP contribution in [0.2, 0.25) is 0 Å². The van der Waals surface area contributed by atoms with Crippen molar-refractivity contribution in [1.82, 2.24) is 20.3 Å². The van der Waals surface area contributed by atoms with Crippen molar-refractivity contribution in [1.29, 1.82) is 0 Å². The van der Waals surface area contributed by atoms with Gasteiger partial charge in [-0.1, -0.05) is 30.7 Å². The lowest BCUT2D eigenvalue weighted by Crippen LogP contribution is -2.29. The number of nitrogens with one attached hydrogen (secondary N) is 1. The standard InChI is InChI=1S/C14H18N4O2/c1-2-3-9-15-13(19)8-10-18-14(20)11-6-4-5-7-12(11)16-17-18/h4-7H,2-3,8-10H2,1H3,(H,15,19). The van der Waals surface area contributed by atoms with E-state index in [9.17, 15) is 9.59 Å².